The van der Waals surface area contributed by atoms with Crippen molar-refractivity contribution in [1.82, 2.24) is 15.6 Å². The Morgan fingerprint density at radius 1 is 1.56 bits per heavy atom. The van der Waals surface area contributed by atoms with Crippen molar-refractivity contribution in [3.63, 3.8) is 0 Å². The van der Waals surface area contributed by atoms with E-state index in [0.717, 1.165) is 5.01 Å². The lowest BCUT2D eigenvalue weighted by atomic mass is 10.3. The molecule has 0 aliphatic rings. The molecule has 1 atom stereocenters. The second-order valence-corrected chi connectivity index (χ2v) is 4.70. The molecule has 2 amide bonds. The summed E-state index contributed by atoms with van der Waals surface area (Å²) >= 11 is 1.40. The van der Waals surface area contributed by atoms with Crippen LogP contribution in [-0.2, 0) is 11.2 Å². The molecule has 1 unspecified atom stereocenters. The minimum Gasteiger partial charge on any atom is -0.355 e. The minimum absolute atomic E-state index is 0.205. The summed E-state index contributed by atoms with van der Waals surface area (Å²) in [6, 6.07) is -0.572. The molecule has 1 aromatic heterocycles. The highest BCUT2D eigenvalue weighted by molar-refractivity contribution is 7.09. The fraction of sp³-hybridized carbons (Fsp3) is 0.545. The van der Waals surface area contributed by atoms with E-state index in [0.29, 0.717) is 25.2 Å². The highest BCUT2D eigenvalue weighted by Crippen LogP contribution is 2.09. The molecule has 0 bridgehead atoms. The summed E-state index contributed by atoms with van der Waals surface area (Å²) in [5.74, 6) is -0.545. The monoisotopic (exact) mass is 270 g/mol. The number of carbonyl (C=O) groups is 2. The molecule has 1 heterocycles. The van der Waals surface area contributed by atoms with E-state index in [2.05, 4.69) is 15.6 Å². The highest BCUT2D eigenvalue weighted by atomic mass is 32.1. The van der Waals surface area contributed by atoms with Gasteiger partial charge in [0.05, 0.1) is 5.01 Å². The van der Waals surface area contributed by atoms with E-state index in [-0.39, 0.29) is 11.8 Å². The molecule has 0 aromatic carbocycles. The lowest BCUT2D eigenvalue weighted by Crippen LogP contribution is -2.44. The first-order valence-corrected chi connectivity index (χ1v) is 6.69. The molecule has 0 spiro atoms. The molecule has 1 rings (SSSR count). The van der Waals surface area contributed by atoms with Crippen molar-refractivity contribution in [2.45, 2.75) is 26.3 Å². The maximum atomic E-state index is 11.8. The van der Waals surface area contributed by atoms with Gasteiger partial charge in [-0.05, 0) is 20.4 Å². The number of thiazole rings is 1. The van der Waals surface area contributed by atoms with Gasteiger partial charge in [0.2, 0.25) is 5.91 Å². The zero-order valence-corrected chi connectivity index (χ0v) is 11.3. The number of likely N-dealkylation sites (N-methyl/N-ethyl adjacent to an activating group) is 1. The minimum atomic E-state index is -0.572. The quantitative estimate of drug-likeness (QED) is 0.672. The molecule has 1 aromatic rings. The molecule has 0 fully saturated rings. The molecular formula is C11H18N4O2S. The number of nitrogens with two attached hydrogens (primary N) is 1. The Morgan fingerprint density at radius 2 is 2.28 bits per heavy atom. The Bertz CT molecular complexity index is 419. The summed E-state index contributed by atoms with van der Waals surface area (Å²) in [5.41, 5.74) is 5.75. The van der Waals surface area contributed by atoms with Gasteiger partial charge in [-0.3, -0.25) is 9.59 Å². The number of nitrogens with zero attached hydrogens (tertiary/aromatic N) is 1. The van der Waals surface area contributed by atoms with Crippen molar-refractivity contribution in [3.05, 3.63) is 16.1 Å². The molecule has 100 valence electrons. The summed E-state index contributed by atoms with van der Waals surface area (Å²) in [5, 5.41) is 7.74. The third-order valence-corrected chi connectivity index (χ3v) is 3.14. The standard InChI is InChI=1S/C11H18N4O2S/c1-3-13-10(16)7(2)14-11(17)8-6-18-9(15-8)4-5-12/h6-7H,3-5,12H2,1-2H3,(H,13,16)(H,14,17). The molecule has 0 aliphatic heterocycles. The highest BCUT2D eigenvalue weighted by Gasteiger charge is 2.17. The van der Waals surface area contributed by atoms with E-state index >= 15 is 0 Å². The topological polar surface area (TPSA) is 97.1 Å². The third kappa shape index (κ3) is 4.08. The number of carbonyl (C=O) groups excluding carboxylic acids is 2. The molecule has 4 N–H and O–H groups in total. The van der Waals surface area contributed by atoms with Crippen molar-refractivity contribution in [1.29, 1.82) is 0 Å². The zero-order chi connectivity index (χ0) is 13.5. The second-order valence-electron chi connectivity index (χ2n) is 3.75. The maximum absolute atomic E-state index is 11.8. The fourth-order valence-electron chi connectivity index (χ4n) is 1.32. The Morgan fingerprint density at radius 3 is 2.89 bits per heavy atom. The van der Waals surface area contributed by atoms with Crippen LogP contribution in [0.25, 0.3) is 0 Å². The van der Waals surface area contributed by atoms with Crippen LogP contribution in [0.1, 0.15) is 29.3 Å². The molecule has 7 heteroatoms. The Hall–Kier alpha value is -1.47. The van der Waals surface area contributed by atoms with E-state index in [1.54, 1.807) is 12.3 Å². The van der Waals surface area contributed by atoms with Crippen LogP contribution in [0.2, 0.25) is 0 Å². The molecule has 18 heavy (non-hydrogen) atoms. The fourth-order valence-corrected chi connectivity index (χ4v) is 2.11. The number of hydrogen-bond donors (Lipinski definition) is 3. The first-order valence-electron chi connectivity index (χ1n) is 5.81. The van der Waals surface area contributed by atoms with Gasteiger partial charge in [-0.25, -0.2) is 4.98 Å². The molecule has 0 saturated heterocycles. The van der Waals surface area contributed by atoms with Crippen molar-refractivity contribution >= 4 is 23.2 Å². The average Bonchev–Trinajstić information content (AvgIpc) is 2.78. The third-order valence-electron chi connectivity index (χ3n) is 2.23. The van der Waals surface area contributed by atoms with E-state index in [9.17, 15) is 9.59 Å². The van der Waals surface area contributed by atoms with Crippen molar-refractivity contribution in [2.24, 2.45) is 5.73 Å². The van der Waals surface area contributed by atoms with Gasteiger partial charge in [0, 0.05) is 18.3 Å². The molecule has 0 aliphatic carbocycles. The van der Waals surface area contributed by atoms with Gasteiger partial charge in [0.15, 0.2) is 0 Å². The van der Waals surface area contributed by atoms with Gasteiger partial charge >= 0.3 is 0 Å². The second kappa shape index (κ2) is 7.07. The average molecular weight is 270 g/mol. The predicted molar refractivity (Wildman–Crippen MR) is 70.5 cm³/mol. The first kappa shape index (κ1) is 14.6. The number of aromatic nitrogens is 1. The smallest absolute Gasteiger partial charge is 0.271 e. The van der Waals surface area contributed by atoms with Gasteiger partial charge in [-0.1, -0.05) is 0 Å². The largest absolute Gasteiger partial charge is 0.355 e. The summed E-state index contributed by atoms with van der Waals surface area (Å²) in [4.78, 5) is 27.4. The SMILES string of the molecule is CCNC(=O)C(C)NC(=O)c1csc(CCN)n1. The molecule has 0 saturated carbocycles. The van der Waals surface area contributed by atoms with E-state index in [1.807, 2.05) is 6.92 Å². The molecular weight excluding hydrogens is 252 g/mol. The number of amides is 2. The summed E-state index contributed by atoms with van der Waals surface area (Å²) in [7, 11) is 0. The van der Waals surface area contributed by atoms with Crippen LogP contribution in [0, 0.1) is 0 Å². The summed E-state index contributed by atoms with van der Waals surface area (Å²) in [6.07, 6.45) is 0.657. The normalized spacial score (nSPS) is 11.9. The zero-order valence-electron chi connectivity index (χ0n) is 10.5. The molecule has 0 radical (unpaired) electrons. The van der Waals surface area contributed by atoms with Crippen LogP contribution in [0.3, 0.4) is 0 Å². The Kier molecular flexibility index (Phi) is 5.73. The Balaban J connectivity index is 2.56. The van der Waals surface area contributed by atoms with Crippen LogP contribution < -0.4 is 16.4 Å². The number of hydrogen-bond acceptors (Lipinski definition) is 5. The van der Waals surface area contributed by atoms with Crippen LogP contribution >= 0.6 is 11.3 Å². The van der Waals surface area contributed by atoms with E-state index < -0.39 is 6.04 Å². The van der Waals surface area contributed by atoms with Gasteiger partial charge in [-0.2, -0.15) is 0 Å². The van der Waals surface area contributed by atoms with Gasteiger partial charge in [0.25, 0.3) is 5.91 Å². The van der Waals surface area contributed by atoms with Crippen molar-refractivity contribution in [2.75, 3.05) is 13.1 Å². The van der Waals surface area contributed by atoms with Crippen LogP contribution in [0.15, 0.2) is 5.38 Å². The van der Waals surface area contributed by atoms with Gasteiger partial charge < -0.3 is 16.4 Å². The van der Waals surface area contributed by atoms with Gasteiger partial charge in [0.1, 0.15) is 11.7 Å². The number of rotatable bonds is 6. The van der Waals surface area contributed by atoms with Crippen molar-refractivity contribution in [3.8, 4) is 0 Å². The lowest BCUT2D eigenvalue weighted by molar-refractivity contribution is -0.122. The lowest BCUT2D eigenvalue weighted by Gasteiger charge is -2.12. The van der Waals surface area contributed by atoms with Crippen LogP contribution in [0.5, 0.6) is 0 Å². The number of nitrogens with one attached hydrogen (secondary N) is 2. The van der Waals surface area contributed by atoms with Crippen LogP contribution in [-0.4, -0.2) is 35.9 Å². The van der Waals surface area contributed by atoms with Crippen molar-refractivity contribution < 1.29 is 9.59 Å². The summed E-state index contributed by atoms with van der Waals surface area (Å²) < 4.78 is 0. The predicted octanol–water partition coefficient (Wildman–Crippen LogP) is -0.101. The first-order chi connectivity index (χ1) is 8.58. The summed E-state index contributed by atoms with van der Waals surface area (Å²) in [6.45, 7) is 4.50. The van der Waals surface area contributed by atoms with Crippen LogP contribution in [0.4, 0.5) is 0 Å². The molecule has 6 nitrogen and oxygen atoms in total. The van der Waals surface area contributed by atoms with E-state index in [1.165, 1.54) is 11.3 Å². The Labute approximate surface area is 110 Å². The maximum Gasteiger partial charge on any atom is 0.271 e. The van der Waals surface area contributed by atoms with Gasteiger partial charge in [-0.15, -0.1) is 11.3 Å². The van der Waals surface area contributed by atoms with E-state index in [4.69, 9.17) is 5.73 Å².